The Balaban J connectivity index is 2.72. The van der Waals surface area contributed by atoms with E-state index in [1.807, 2.05) is 12.3 Å². The minimum Gasteiger partial charge on any atom is -0.287 e. The molecule has 2 aromatic heterocycles. The van der Waals surface area contributed by atoms with E-state index < -0.39 is 4.75 Å². The molecule has 0 amide bonds. The molecule has 0 spiro atoms. The second-order valence-corrected chi connectivity index (χ2v) is 6.82. The van der Waals surface area contributed by atoms with Crippen molar-refractivity contribution in [2.24, 2.45) is 7.05 Å². The van der Waals surface area contributed by atoms with Crippen molar-refractivity contribution in [3.05, 3.63) is 32.3 Å². The van der Waals surface area contributed by atoms with Gasteiger partial charge < -0.3 is 0 Å². The van der Waals surface area contributed by atoms with Gasteiger partial charge in [-0.1, -0.05) is 0 Å². The van der Waals surface area contributed by atoms with Crippen molar-refractivity contribution < 1.29 is 0 Å². The quantitative estimate of drug-likeness (QED) is 0.841. The third-order valence-corrected chi connectivity index (χ3v) is 5.02. The molecule has 1 atom stereocenters. The van der Waals surface area contributed by atoms with Crippen LogP contribution in [0.4, 0.5) is 0 Å². The van der Waals surface area contributed by atoms with Gasteiger partial charge >= 0.3 is 5.69 Å². The maximum absolute atomic E-state index is 12.3. The monoisotopic (exact) mass is 302 g/mol. The van der Waals surface area contributed by atoms with E-state index in [-0.39, 0.29) is 17.8 Å². The molecule has 0 saturated heterocycles. The summed E-state index contributed by atoms with van der Waals surface area (Å²) in [5, 5.41) is 2.39. The van der Waals surface area contributed by atoms with Gasteiger partial charge in [0, 0.05) is 24.1 Å². The molecule has 7 heteroatoms. The Kier molecular flexibility index (Phi) is 3.66. The molecule has 0 radical (unpaired) electrons. The van der Waals surface area contributed by atoms with Crippen LogP contribution in [0.2, 0.25) is 0 Å². The standard InChI is InChI=1S/C11H14N2O2S3/c1-11(17,6-16)5-13-8(14)7-3-4-18-9(7)12(2)10(13)15/h3-4,16-17H,5-6H2,1-2H3. The highest BCUT2D eigenvalue weighted by Crippen LogP contribution is 2.18. The van der Waals surface area contributed by atoms with Gasteiger partial charge in [0.2, 0.25) is 0 Å². The molecule has 0 aliphatic rings. The number of rotatable bonds is 3. The van der Waals surface area contributed by atoms with Gasteiger partial charge in [-0.05, 0) is 18.4 Å². The molecule has 2 aromatic rings. The van der Waals surface area contributed by atoms with Gasteiger partial charge in [-0.2, -0.15) is 25.3 Å². The molecule has 2 rings (SSSR count). The van der Waals surface area contributed by atoms with E-state index in [1.165, 1.54) is 20.5 Å². The van der Waals surface area contributed by atoms with Crippen LogP contribution in [0.5, 0.6) is 0 Å². The zero-order chi connectivity index (χ0) is 13.5. The van der Waals surface area contributed by atoms with Crippen molar-refractivity contribution in [3.63, 3.8) is 0 Å². The lowest BCUT2D eigenvalue weighted by atomic mass is 10.2. The molecule has 98 valence electrons. The first-order valence-electron chi connectivity index (χ1n) is 5.37. The average Bonchev–Trinajstić information content (AvgIpc) is 2.81. The molecule has 0 aliphatic heterocycles. The zero-order valence-corrected chi connectivity index (χ0v) is 12.7. The smallest absolute Gasteiger partial charge is 0.287 e. The predicted molar refractivity (Wildman–Crippen MR) is 82.6 cm³/mol. The SMILES string of the molecule is Cn1c(=O)n(CC(C)(S)CS)c(=O)c2ccsc21. The fourth-order valence-electron chi connectivity index (χ4n) is 1.75. The minimum absolute atomic E-state index is 0.247. The third-order valence-electron chi connectivity index (χ3n) is 2.78. The Bertz CT molecular complexity index is 696. The van der Waals surface area contributed by atoms with Gasteiger partial charge in [0.25, 0.3) is 5.56 Å². The van der Waals surface area contributed by atoms with Gasteiger partial charge in [-0.15, -0.1) is 11.3 Å². The highest BCUT2D eigenvalue weighted by Gasteiger charge is 2.21. The van der Waals surface area contributed by atoms with Crippen LogP contribution >= 0.6 is 36.6 Å². The fraction of sp³-hybridized carbons (Fsp3) is 0.455. The van der Waals surface area contributed by atoms with Crippen LogP contribution in [0.15, 0.2) is 21.0 Å². The molecule has 0 bridgehead atoms. The van der Waals surface area contributed by atoms with Crippen LogP contribution in [-0.2, 0) is 13.6 Å². The molecule has 0 aliphatic carbocycles. The summed E-state index contributed by atoms with van der Waals surface area (Å²) in [7, 11) is 1.67. The summed E-state index contributed by atoms with van der Waals surface area (Å²) in [4.78, 5) is 25.1. The summed E-state index contributed by atoms with van der Waals surface area (Å²) in [5.74, 6) is 0.480. The molecule has 4 nitrogen and oxygen atoms in total. The summed E-state index contributed by atoms with van der Waals surface area (Å²) in [6.07, 6.45) is 0. The van der Waals surface area contributed by atoms with Gasteiger partial charge in [-0.25, -0.2) is 4.79 Å². The molecule has 1 unspecified atom stereocenters. The number of aromatic nitrogens is 2. The van der Waals surface area contributed by atoms with Crippen LogP contribution in [0.1, 0.15) is 6.92 Å². The molecular weight excluding hydrogens is 288 g/mol. The Labute approximate surface area is 119 Å². The van der Waals surface area contributed by atoms with Gasteiger partial charge in [0.05, 0.1) is 5.39 Å². The van der Waals surface area contributed by atoms with Crippen LogP contribution < -0.4 is 11.2 Å². The van der Waals surface area contributed by atoms with Crippen molar-refractivity contribution in [3.8, 4) is 0 Å². The number of thiol groups is 2. The molecule has 0 aromatic carbocycles. The predicted octanol–water partition coefficient (Wildman–Crippen LogP) is 1.38. The lowest BCUT2D eigenvalue weighted by Gasteiger charge is -2.21. The number of fused-ring (bicyclic) bond motifs is 1. The second-order valence-electron chi connectivity index (χ2n) is 4.53. The minimum atomic E-state index is -0.497. The van der Waals surface area contributed by atoms with E-state index >= 15 is 0 Å². The molecular formula is C11H14N2O2S3. The first-order valence-corrected chi connectivity index (χ1v) is 7.33. The van der Waals surface area contributed by atoms with E-state index in [9.17, 15) is 9.59 Å². The average molecular weight is 302 g/mol. The maximum Gasteiger partial charge on any atom is 0.331 e. The number of hydrogen-bond donors (Lipinski definition) is 2. The molecule has 2 heterocycles. The Morgan fingerprint density at radius 1 is 1.44 bits per heavy atom. The van der Waals surface area contributed by atoms with Crippen LogP contribution in [0, 0.1) is 0 Å². The maximum atomic E-state index is 12.3. The number of nitrogens with zero attached hydrogens (tertiary/aromatic N) is 2. The van der Waals surface area contributed by atoms with Crippen molar-refractivity contribution in [1.29, 1.82) is 0 Å². The molecule has 18 heavy (non-hydrogen) atoms. The summed E-state index contributed by atoms with van der Waals surface area (Å²) >= 11 is 10.0. The van der Waals surface area contributed by atoms with Crippen LogP contribution in [0.25, 0.3) is 10.2 Å². The molecule has 0 saturated carbocycles. The van der Waals surface area contributed by atoms with Crippen LogP contribution in [-0.4, -0.2) is 19.6 Å². The van der Waals surface area contributed by atoms with Crippen molar-refractivity contribution in [2.75, 3.05) is 5.75 Å². The lowest BCUT2D eigenvalue weighted by Crippen LogP contribution is -2.43. The van der Waals surface area contributed by atoms with E-state index in [0.717, 1.165) is 0 Å². The molecule has 0 N–H and O–H groups in total. The zero-order valence-electron chi connectivity index (χ0n) is 10.1. The Morgan fingerprint density at radius 2 is 2.11 bits per heavy atom. The number of hydrogen-bond acceptors (Lipinski definition) is 5. The Hall–Kier alpha value is -0.660. The van der Waals surface area contributed by atoms with E-state index in [0.29, 0.717) is 16.0 Å². The number of thiophene rings is 1. The van der Waals surface area contributed by atoms with Crippen molar-refractivity contribution >= 4 is 46.8 Å². The fourth-order valence-corrected chi connectivity index (χ4v) is 2.85. The second kappa shape index (κ2) is 4.79. The first kappa shape index (κ1) is 13.8. The first-order chi connectivity index (χ1) is 8.37. The van der Waals surface area contributed by atoms with Crippen molar-refractivity contribution in [2.45, 2.75) is 18.2 Å². The topological polar surface area (TPSA) is 44.0 Å². The molecule has 0 fully saturated rings. The summed E-state index contributed by atoms with van der Waals surface area (Å²) in [5.41, 5.74) is -0.562. The van der Waals surface area contributed by atoms with Crippen molar-refractivity contribution in [1.82, 2.24) is 9.13 Å². The number of aryl methyl sites for hydroxylation is 1. The lowest BCUT2D eigenvalue weighted by molar-refractivity contribution is 0.529. The third kappa shape index (κ3) is 2.26. The highest BCUT2D eigenvalue weighted by molar-refractivity contribution is 7.85. The Morgan fingerprint density at radius 3 is 2.72 bits per heavy atom. The summed E-state index contributed by atoms with van der Waals surface area (Å²) < 4.78 is 2.24. The van der Waals surface area contributed by atoms with E-state index in [2.05, 4.69) is 25.3 Å². The van der Waals surface area contributed by atoms with E-state index in [1.54, 1.807) is 13.1 Å². The largest absolute Gasteiger partial charge is 0.331 e. The summed E-state index contributed by atoms with van der Waals surface area (Å²) in [6.45, 7) is 2.10. The van der Waals surface area contributed by atoms with Gasteiger partial charge in [-0.3, -0.25) is 13.9 Å². The highest BCUT2D eigenvalue weighted by atomic mass is 32.1. The van der Waals surface area contributed by atoms with Gasteiger partial charge in [0.1, 0.15) is 4.83 Å². The van der Waals surface area contributed by atoms with Crippen LogP contribution in [0.3, 0.4) is 0 Å². The normalized spacial score (nSPS) is 14.9. The van der Waals surface area contributed by atoms with E-state index in [4.69, 9.17) is 0 Å². The van der Waals surface area contributed by atoms with Gasteiger partial charge in [0.15, 0.2) is 0 Å². The summed E-state index contributed by atoms with van der Waals surface area (Å²) in [6, 6.07) is 1.74.